The first-order chi connectivity index (χ1) is 12.2. The number of morpholine rings is 1. The molecule has 1 aliphatic heterocycles. The normalized spacial score (nSPS) is 14.5. The lowest BCUT2D eigenvalue weighted by Gasteiger charge is -2.30. The fourth-order valence-corrected chi connectivity index (χ4v) is 3.06. The van der Waals surface area contributed by atoms with E-state index in [4.69, 9.17) is 10.5 Å². The first-order valence-corrected chi connectivity index (χ1v) is 8.72. The second-order valence-electron chi connectivity index (χ2n) is 6.23. The Morgan fingerprint density at radius 1 is 1.04 bits per heavy atom. The molecule has 1 unspecified atom stereocenters. The Balaban J connectivity index is 0.00000182. The lowest BCUT2D eigenvalue weighted by molar-refractivity contribution is -0.121. The van der Waals surface area contributed by atoms with E-state index in [-0.39, 0.29) is 43.2 Å². The molecule has 1 saturated heterocycles. The highest BCUT2D eigenvalue weighted by atomic mass is 35.5. The molecule has 3 N–H and O–H groups in total. The zero-order valence-corrected chi connectivity index (χ0v) is 16.8. The summed E-state index contributed by atoms with van der Waals surface area (Å²) in [6, 6.07) is 17.6. The lowest BCUT2D eigenvalue weighted by atomic mass is 10.0. The van der Waals surface area contributed by atoms with Gasteiger partial charge in [-0.2, -0.15) is 0 Å². The quantitative estimate of drug-likeness (QED) is 0.766. The smallest absolute Gasteiger partial charge is 0.222 e. The number of anilines is 1. The van der Waals surface area contributed by atoms with Gasteiger partial charge in [-0.3, -0.25) is 4.79 Å². The number of nitrogens with zero attached hydrogens (tertiary/aromatic N) is 1. The fourth-order valence-electron chi connectivity index (χ4n) is 3.06. The molecule has 5 nitrogen and oxygen atoms in total. The second kappa shape index (κ2) is 11.8. The van der Waals surface area contributed by atoms with Crippen LogP contribution in [0.25, 0.3) is 0 Å². The van der Waals surface area contributed by atoms with Crippen molar-refractivity contribution in [1.82, 2.24) is 5.32 Å². The molecule has 0 spiro atoms. The van der Waals surface area contributed by atoms with Gasteiger partial charge in [-0.1, -0.05) is 48.5 Å². The van der Waals surface area contributed by atoms with Crippen molar-refractivity contribution in [2.75, 3.05) is 31.2 Å². The van der Waals surface area contributed by atoms with Gasteiger partial charge < -0.3 is 20.7 Å². The zero-order chi connectivity index (χ0) is 17.5. The van der Waals surface area contributed by atoms with Crippen LogP contribution in [0.2, 0.25) is 0 Å². The number of amides is 1. The number of carbonyl (C=O) groups is 1. The van der Waals surface area contributed by atoms with E-state index < -0.39 is 0 Å². The Morgan fingerprint density at radius 2 is 1.67 bits per heavy atom. The molecule has 0 bridgehead atoms. The molecule has 1 atom stereocenters. The summed E-state index contributed by atoms with van der Waals surface area (Å²) in [6.07, 6.45) is 0.281. The molecule has 1 heterocycles. The van der Waals surface area contributed by atoms with E-state index in [1.165, 1.54) is 5.69 Å². The molecule has 2 aromatic carbocycles. The molecule has 3 rings (SSSR count). The van der Waals surface area contributed by atoms with Crippen molar-refractivity contribution in [3.05, 3.63) is 65.7 Å². The molecule has 1 fully saturated rings. The predicted octanol–water partition coefficient (Wildman–Crippen LogP) is 3.07. The number of halogens is 2. The maximum atomic E-state index is 12.3. The van der Waals surface area contributed by atoms with Crippen molar-refractivity contribution in [2.45, 2.75) is 19.0 Å². The van der Waals surface area contributed by atoms with Gasteiger partial charge in [-0.15, -0.1) is 24.8 Å². The molecular weight excluding hydrogens is 385 g/mol. The average Bonchev–Trinajstić information content (AvgIpc) is 2.68. The van der Waals surface area contributed by atoms with Gasteiger partial charge in [0.1, 0.15) is 0 Å². The molecule has 1 aliphatic rings. The van der Waals surface area contributed by atoms with Gasteiger partial charge in [-0.05, 0) is 17.2 Å². The van der Waals surface area contributed by atoms with E-state index in [0.29, 0.717) is 6.54 Å². The van der Waals surface area contributed by atoms with Gasteiger partial charge in [0.05, 0.1) is 13.2 Å². The van der Waals surface area contributed by atoms with Crippen molar-refractivity contribution in [2.24, 2.45) is 5.73 Å². The van der Waals surface area contributed by atoms with Crippen LogP contribution in [0.3, 0.4) is 0 Å². The Bertz CT molecular complexity index is 695. The third kappa shape index (κ3) is 6.70. The van der Waals surface area contributed by atoms with E-state index >= 15 is 0 Å². The Kier molecular flexibility index (Phi) is 10.2. The van der Waals surface area contributed by atoms with E-state index in [1.807, 2.05) is 42.5 Å². The Morgan fingerprint density at radius 3 is 2.37 bits per heavy atom. The summed E-state index contributed by atoms with van der Waals surface area (Å²) in [5.41, 5.74) is 9.39. The maximum absolute atomic E-state index is 12.3. The van der Waals surface area contributed by atoms with Gasteiger partial charge >= 0.3 is 0 Å². The highest BCUT2D eigenvalue weighted by molar-refractivity contribution is 5.85. The molecule has 27 heavy (non-hydrogen) atoms. The monoisotopic (exact) mass is 411 g/mol. The van der Waals surface area contributed by atoms with Crippen LogP contribution < -0.4 is 16.0 Å². The lowest BCUT2D eigenvalue weighted by Crippen LogP contribution is -2.37. The summed E-state index contributed by atoms with van der Waals surface area (Å²) in [6.45, 7) is 3.75. The van der Waals surface area contributed by atoms with E-state index in [0.717, 1.165) is 37.4 Å². The minimum atomic E-state index is -0.282. The minimum absolute atomic E-state index is 0. The summed E-state index contributed by atoms with van der Waals surface area (Å²) in [5.74, 6) is -0.0341. The van der Waals surface area contributed by atoms with Crippen LogP contribution in [0.4, 0.5) is 5.69 Å². The first kappa shape index (κ1) is 23.2. The third-order valence-electron chi connectivity index (χ3n) is 4.45. The van der Waals surface area contributed by atoms with Crippen LogP contribution in [0.5, 0.6) is 0 Å². The van der Waals surface area contributed by atoms with Crippen molar-refractivity contribution in [3.8, 4) is 0 Å². The SMILES string of the molecule is Cl.Cl.NC(CC(=O)NCc1ccccc1N1CCOCC1)c1ccccc1. The number of hydrogen-bond donors (Lipinski definition) is 2. The number of para-hydroxylation sites is 1. The van der Waals surface area contributed by atoms with Gasteiger partial charge in [-0.25, -0.2) is 0 Å². The predicted molar refractivity (Wildman–Crippen MR) is 114 cm³/mol. The van der Waals surface area contributed by atoms with Crippen LogP contribution in [0.15, 0.2) is 54.6 Å². The van der Waals surface area contributed by atoms with E-state index in [1.54, 1.807) is 0 Å². The summed E-state index contributed by atoms with van der Waals surface area (Å²) >= 11 is 0. The molecule has 0 radical (unpaired) electrons. The summed E-state index contributed by atoms with van der Waals surface area (Å²) in [7, 11) is 0. The van der Waals surface area contributed by atoms with E-state index in [9.17, 15) is 4.79 Å². The molecular formula is C20H27Cl2N3O2. The highest BCUT2D eigenvalue weighted by Gasteiger charge is 2.15. The van der Waals surface area contributed by atoms with Gasteiger partial charge in [0.15, 0.2) is 0 Å². The number of ether oxygens (including phenoxy) is 1. The number of hydrogen-bond acceptors (Lipinski definition) is 4. The molecule has 2 aromatic rings. The van der Waals surface area contributed by atoms with Crippen molar-refractivity contribution in [3.63, 3.8) is 0 Å². The van der Waals surface area contributed by atoms with Gasteiger partial charge in [0, 0.05) is 37.8 Å². The maximum Gasteiger partial charge on any atom is 0.222 e. The average molecular weight is 412 g/mol. The zero-order valence-electron chi connectivity index (χ0n) is 15.2. The third-order valence-corrected chi connectivity index (χ3v) is 4.45. The van der Waals surface area contributed by atoms with Crippen LogP contribution in [-0.4, -0.2) is 32.2 Å². The van der Waals surface area contributed by atoms with Crippen LogP contribution >= 0.6 is 24.8 Å². The minimum Gasteiger partial charge on any atom is -0.378 e. The second-order valence-corrected chi connectivity index (χ2v) is 6.23. The van der Waals surface area contributed by atoms with Crippen LogP contribution in [0.1, 0.15) is 23.6 Å². The topological polar surface area (TPSA) is 67.6 Å². The van der Waals surface area contributed by atoms with Crippen LogP contribution in [-0.2, 0) is 16.1 Å². The largest absolute Gasteiger partial charge is 0.378 e. The molecule has 7 heteroatoms. The summed E-state index contributed by atoms with van der Waals surface area (Å²) in [4.78, 5) is 14.6. The fraction of sp³-hybridized carbons (Fsp3) is 0.350. The number of carbonyl (C=O) groups excluding carboxylic acids is 1. The molecule has 1 amide bonds. The summed E-state index contributed by atoms with van der Waals surface area (Å²) < 4.78 is 5.42. The Hall–Kier alpha value is -1.79. The molecule has 0 saturated carbocycles. The van der Waals surface area contributed by atoms with Crippen molar-refractivity contribution >= 4 is 36.4 Å². The van der Waals surface area contributed by atoms with Gasteiger partial charge in [0.2, 0.25) is 5.91 Å². The first-order valence-electron chi connectivity index (χ1n) is 8.72. The Labute approximate surface area is 173 Å². The summed E-state index contributed by atoms with van der Waals surface area (Å²) in [5, 5.41) is 3.00. The van der Waals surface area contributed by atoms with Crippen molar-refractivity contribution < 1.29 is 9.53 Å². The van der Waals surface area contributed by atoms with Gasteiger partial charge in [0.25, 0.3) is 0 Å². The van der Waals surface area contributed by atoms with Crippen LogP contribution in [0, 0.1) is 0 Å². The highest BCUT2D eigenvalue weighted by Crippen LogP contribution is 2.21. The van der Waals surface area contributed by atoms with E-state index in [2.05, 4.69) is 22.3 Å². The molecule has 148 valence electrons. The number of rotatable bonds is 6. The number of nitrogens with two attached hydrogens (primary N) is 1. The number of nitrogens with one attached hydrogen (secondary N) is 1. The molecule has 0 aromatic heterocycles. The van der Waals surface area contributed by atoms with Crippen molar-refractivity contribution in [1.29, 1.82) is 0 Å². The molecule has 0 aliphatic carbocycles. The number of benzene rings is 2. The standard InChI is InChI=1S/C20H25N3O2.2ClH/c21-18(16-6-2-1-3-7-16)14-20(24)22-15-17-8-4-5-9-19(17)23-10-12-25-13-11-23;;/h1-9,18H,10-15,21H2,(H,22,24);2*1H.